The summed E-state index contributed by atoms with van der Waals surface area (Å²) in [5.41, 5.74) is 2.01. The van der Waals surface area contributed by atoms with Crippen LogP contribution in [0.5, 0.6) is 0 Å². The second-order valence-corrected chi connectivity index (χ2v) is 5.86. The Morgan fingerprint density at radius 1 is 1.42 bits per heavy atom. The maximum Gasteiger partial charge on any atom is 0.321 e. The topological polar surface area (TPSA) is 100 Å². The van der Waals surface area contributed by atoms with Crippen LogP contribution in [-0.4, -0.2) is 49.9 Å². The first-order valence-electron chi connectivity index (χ1n) is 7.77. The number of nitrogens with zero attached hydrogens (tertiary/aromatic N) is 4. The van der Waals surface area contributed by atoms with E-state index in [1.807, 2.05) is 13.2 Å². The van der Waals surface area contributed by atoms with Crippen LogP contribution in [0.2, 0.25) is 0 Å². The zero-order valence-electron chi connectivity index (χ0n) is 13.3. The molecule has 0 radical (unpaired) electrons. The van der Waals surface area contributed by atoms with Crippen LogP contribution >= 0.6 is 0 Å². The highest BCUT2D eigenvalue weighted by atomic mass is 16.4. The zero-order chi connectivity index (χ0) is 17.1. The van der Waals surface area contributed by atoms with E-state index >= 15 is 0 Å². The normalized spacial score (nSPS) is 17.5. The molecule has 1 fully saturated rings. The average molecular weight is 329 g/mol. The number of aromatic nitrogens is 3. The predicted molar refractivity (Wildman–Crippen MR) is 87.4 cm³/mol. The van der Waals surface area contributed by atoms with Gasteiger partial charge in [0.25, 0.3) is 0 Å². The van der Waals surface area contributed by atoms with Gasteiger partial charge in [-0.05, 0) is 25.0 Å². The molecule has 1 aliphatic rings. The van der Waals surface area contributed by atoms with Crippen LogP contribution in [0.15, 0.2) is 30.7 Å². The van der Waals surface area contributed by atoms with Gasteiger partial charge in [0.2, 0.25) is 0 Å². The third-order valence-electron chi connectivity index (χ3n) is 4.09. The van der Waals surface area contributed by atoms with Crippen LogP contribution in [0, 0.1) is 5.92 Å². The molecular formula is C16H19N5O3. The lowest BCUT2D eigenvalue weighted by molar-refractivity contribution is -0.143. The Bertz CT molecular complexity index is 758. The fourth-order valence-electron chi connectivity index (χ4n) is 2.84. The van der Waals surface area contributed by atoms with Crippen molar-refractivity contribution < 1.29 is 14.7 Å². The van der Waals surface area contributed by atoms with Gasteiger partial charge in [-0.3, -0.25) is 14.5 Å². The molecule has 2 N–H and O–H groups in total. The monoisotopic (exact) mass is 329 g/mol. The Balaban J connectivity index is 1.76. The fraction of sp³-hybridized carbons (Fsp3) is 0.375. The molecule has 2 aromatic heterocycles. The van der Waals surface area contributed by atoms with Gasteiger partial charge in [0.15, 0.2) is 0 Å². The first kappa shape index (κ1) is 16.0. The van der Waals surface area contributed by atoms with Crippen molar-refractivity contribution in [1.29, 1.82) is 0 Å². The number of amides is 2. The number of anilines is 1. The Kier molecular flexibility index (Phi) is 4.45. The SMILES string of the molecule is Cn1cc(-c2ncccc2NC(=O)N2CCCC(C(=O)O)C2)cn1. The molecule has 126 valence electrons. The molecular weight excluding hydrogens is 310 g/mol. The van der Waals surface area contributed by atoms with E-state index < -0.39 is 11.9 Å². The molecule has 1 saturated heterocycles. The summed E-state index contributed by atoms with van der Waals surface area (Å²) in [6.45, 7) is 0.780. The number of hydrogen-bond donors (Lipinski definition) is 2. The third-order valence-corrected chi connectivity index (χ3v) is 4.09. The molecule has 3 heterocycles. The highest BCUT2D eigenvalue weighted by molar-refractivity contribution is 5.93. The summed E-state index contributed by atoms with van der Waals surface area (Å²) in [6, 6.07) is 3.21. The van der Waals surface area contributed by atoms with E-state index in [-0.39, 0.29) is 12.6 Å². The summed E-state index contributed by atoms with van der Waals surface area (Å²) in [4.78, 5) is 29.5. The van der Waals surface area contributed by atoms with E-state index in [2.05, 4.69) is 15.4 Å². The van der Waals surface area contributed by atoms with E-state index in [9.17, 15) is 9.59 Å². The number of rotatable bonds is 3. The number of nitrogens with one attached hydrogen (secondary N) is 1. The van der Waals surface area contributed by atoms with Gasteiger partial charge in [0.1, 0.15) is 0 Å². The Morgan fingerprint density at radius 3 is 2.96 bits per heavy atom. The van der Waals surface area contributed by atoms with E-state index in [0.717, 1.165) is 5.56 Å². The summed E-state index contributed by atoms with van der Waals surface area (Å²) in [6.07, 6.45) is 6.44. The molecule has 2 aromatic rings. The number of pyridine rings is 1. The fourth-order valence-corrected chi connectivity index (χ4v) is 2.84. The summed E-state index contributed by atoms with van der Waals surface area (Å²) >= 11 is 0. The first-order valence-corrected chi connectivity index (χ1v) is 7.77. The predicted octanol–water partition coefficient (Wildman–Crippen LogP) is 1.81. The number of aryl methyl sites for hydroxylation is 1. The van der Waals surface area contributed by atoms with Gasteiger partial charge in [-0.1, -0.05) is 0 Å². The molecule has 8 nitrogen and oxygen atoms in total. The van der Waals surface area contributed by atoms with Crippen LogP contribution in [0.3, 0.4) is 0 Å². The number of carbonyl (C=O) groups is 2. The minimum absolute atomic E-state index is 0.226. The smallest absolute Gasteiger partial charge is 0.321 e. The van der Waals surface area contributed by atoms with Crippen molar-refractivity contribution in [3.05, 3.63) is 30.7 Å². The molecule has 8 heteroatoms. The number of carboxylic acid groups (broad SMARTS) is 1. The van der Waals surface area contributed by atoms with Crippen LogP contribution < -0.4 is 5.32 Å². The number of carbonyl (C=O) groups excluding carboxylic acids is 1. The second-order valence-electron chi connectivity index (χ2n) is 5.86. The van der Waals surface area contributed by atoms with Gasteiger partial charge in [0, 0.05) is 38.1 Å². The van der Waals surface area contributed by atoms with Crippen LogP contribution in [0.25, 0.3) is 11.3 Å². The van der Waals surface area contributed by atoms with Gasteiger partial charge >= 0.3 is 12.0 Å². The van der Waals surface area contributed by atoms with E-state index in [1.54, 1.807) is 34.1 Å². The van der Waals surface area contributed by atoms with Crippen molar-refractivity contribution in [1.82, 2.24) is 19.7 Å². The van der Waals surface area contributed by atoms with Gasteiger partial charge in [-0.15, -0.1) is 0 Å². The Hall–Kier alpha value is -2.90. The molecule has 0 aromatic carbocycles. The van der Waals surface area contributed by atoms with Crippen molar-refractivity contribution in [3.63, 3.8) is 0 Å². The molecule has 1 atom stereocenters. The summed E-state index contributed by atoms with van der Waals surface area (Å²) in [7, 11) is 1.81. The number of carboxylic acids is 1. The molecule has 3 rings (SSSR count). The van der Waals surface area contributed by atoms with Gasteiger partial charge in [-0.2, -0.15) is 5.10 Å². The number of piperidine rings is 1. The molecule has 0 aliphatic carbocycles. The van der Waals surface area contributed by atoms with Crippen molar-refractivity contribution >= 4 is 17.7 Å². The summed E-state index contributed by atoms with van der Waals surface area (Å²) in [5, 5.41) is 16.1. The lowest BCUT2D eigenvalue weighted by Gasteiger charge is -2.30. The minimum Gasteiger partial charge on any atom is -0.481 e. The molecule has 2 amide bonds. The first-order chi connectivity index (χ1) is 11.5. The van der Waals surface area contributed by atoms with Crippen molar-refractivity contribution in [2.45, 2.75) is 12.8 Å². The highest BCUT2D eigenvalue weighted by Gasteiger charge is 2.28. The summed E-state index contributed by atoms with van der Waals surface area (Å²) < 4.78 is 1.66. The number of urea groups is 1. The lowest BCUT2D eigenvalue weighted by atomic mass is 9.99. The van der Waals surface area contributed by atoms with Crippen LogP contribution in [-0.2, 0) is 11.8 Å². The molecule has 0 spiro atoms. The number of likely N-dealkylation sites (tertiary alicyclic amines) is 1. The van der Waals surface area contributed by atoms with E-state index in [0.29, 0.717) is 30.8 Å². The maximum atomic E-state index is 12.5. The third kappa shape index (κ3) is 3.37. The standard InChI is InChI=1S/C16H19N5O3/c1-20-9-12(8-18-20)14-13(5-2-6-17-14)19-16(24)21-7-3-4-11(10-21)15(22)23/h2,5-6,8-9,11H,3-4,7,10H2,1H3,(H,19,24)(H,22,23). The zero-order valence-corrected chi connectivity index (χ0v) is 13.3. The average Bonchev–Trinajstić information content (AvgIpc) is 3.01. The molecule has 24 heavy (non-hydrogen) atoms. The molecule has 0 saturated carbocycles. The lowest BCUT2D eigenvalue weighted by Crippen LogP contribution is -2.44. The number of hydrogen-bond acceptors (Lipinski definition) is 4. The summed E-state index contributed by atoms with van der Waals surface area (Å²) in [5.74, 6) is -1.36. The van der Waals surface area contributed by atoms with Gasteiger partial charge < -0.3 is 15.3 Å². The Labute approximate surface area is 139 Å². The van der Waals surface area contributed by atoms with Crippen molar-refractivity contribution in [2.75, 3.05) is 18.4 Å². The quantitative estimate of drug-likeness (QED) is 0.894. The van der Waals surface area contributed by atoms with E-state index in [4.69, 9.17) is 5.11 Å². The second kappa shape index (κ2) is 6.69. The number of aliphatic carboxylic acids is 1. The minimum atomic E-state index is -0.857. The maximum absolute atomic E-state index is 12.5. The highest BCUT2D eigenvalue weighted by Crippen LogP contribution is 2.25. The van der Waals surface area contributed by atoms with Crippen LogP contribution in [0.1, 0.15) is 12.8 Å². The van der Waals surface area contributed by atoms with Crippen molar-refractivity contribution in [3.8, 4) is 11.3 Å². The van der Waals surface area contributed by atoms with Crippen molar-refractivity contribution in [2.24, 2.45) is 13.0 Å². The molecule has 1 aliphatic heterocycles. The van der Waals surface area contributed by atoms with Crippen LogP contribution in [0.4, 0.5) is 10.5 Å². The molecule has 0 bridgehead atoms. The van der Waals surface area contributed by atoms with Gasteiger partial charge in [0.05, 0.1) is 23.5 Å². The van der Waals surface area contributed by atoms with E-state index in [1.165, 1.54) is 0 Å². The van der Waals surface area contributed by atoms with Gasteiger partial charge in [-0.25, -0.2) is 4.79 Å². The Morgan fingerprint density at radius 2 is 2.25 bits per heavy atom. The largest absolute Gasteiger partial charge is 0.481 e. The molecule has 1 unspecified atom stereocenters.